The Bertz CT molecular complexity index is 1010. The summed E-state index contributed by atoms with van der Waals surface area (Å²) in [6.45, 7) is 6.52. The van der Waals surface area contributed by atoms with Gasteiger partial charge in [-0.15, -0.1) is 0 Å². The third-order valence-corrected chi connectivity index (χ3v) is 5.68. The van der Waals surface area contributed by atoms with E-state index in [0.29, 0.717) is 5.56 Å². The summed E-state index contributed by atoms with van der Waals surface area (Å²) in [5.41, 5.74) is 10.2. The van der Waals surface area contributed by atoms with E-state index in [2.05, 4.69) is 39.5 Å². The molecule has 0 radical (unpaired) electrons. The summed E-state index contributed by atoms with van der Waals surface area (Å²) in [5.74, 6) is 4.98. The number of rotatable bonds is 10. The minimum absolute atomic E-state index is 0.133. The van der Waals surface area contributed by atoms with Crippen molar-refractivity contribution in [2.45, 2.75) is 19.0 Å². The number of hydrogen-bond donors (Lipinski definition) is 5. The number of carbonyl (C=O) groups is 2. The molecule has 2 aromatic rings. The highest BCUT2D eigenvalue weighted by atomic mass is 16.5. The number of nitrogens with two attached hydrogens (primary N) is 1. The molecule has 2 aromatic carbocycles. The van der Waals surface area contributed by atoms with Crippen LogP contribution in [0, 0.1) is 11.8 Å². The van der Waals surface area contributed by atoms with Crippen LogP contribution in [0.4, 0.5) is 0 Å². The fourth-order valence-electron chi connectivity index (χ4n) is 3.59. The third kappa shape index (κ3) is 8.79. The fraction of sp³-hybridized carbons (Fsp3) is 0.385. The Morgan fingerprint density at radius 2 is 1.66 bits per heavy atom. The molecule has 0 saturated carbocycles. The van der Waals surface area contributed by atoms with E-state index in [9.17, 15) is 9.59 Å². The van der Waals surface area contributed by atoms with E-state index < -0.39 is 17.9 Å². The molecule has 35 heavy (non-hydrogen) atoms. The van der Waals surface area contributed by atoms with Crippen molar-refractivity contribution in [3.8, 4) is 11.8 Å². The molecule has 0 spiro atoms. The largest absolute Gasteiger partial charge is 0.379 e. The van der Waals surface area contributed by atoms with Crippen molar-refractivity contribution in [3.05, 3.63) is 70.8 Å². The molecule has 0 unspecified atom stereocenters. The van der Waals surface area contributed by atoms with Gasteiger partial charge in [-0.1, -0.05) is 24.0 Å². The minimum Gasteiger partial charge on any atom is -0.379 e. The van der Waals surface area contributed by atoms with Gasteiger partial charge < -0.3 is 21.1 Å². The molecule has 0 bridgehead atoms. The lowest BCUT2D eigenvalue weighted by atomic mass is 10.1. The molecule has 2 amide bonds. The van der Waals surface area contributed by atoms with Crippen LogP contribution in [0.15, 0.2) is 48.5 Å². The predicted molar refractivity (Wildman–Crippen MR) is 133 cm³/mol. The SMILES string of the molecule is NC[C@H](NC(=O)c1ccc(C#Cc2ccc(CNCCCN3CCOCC3)cc2)cc1)C(=O)NO. The number of hydrogen-bond acceptors (Lipinski definition) is 7. The van der Waals surface area contributed by atoms with Gasteiger partial charge in [0.05, 0.1) is 13.2 Å². The molecule has 0 aliphatic carbocycles. The van der Waals surface area contributed by atoms with Crippen molar-refractivity contribution in [1.82, 2.24) is 21.0 Å². The zero-order valence-electron chi connectivity index (χ0n) is 19.8. The number of benzene rings is 2. The van der Waals surface area contributed by atoms with Crippen LogP contribution in [0.25, 0.3) is 0 Å². The molecule has 1 saturated heterocycles. The Morgan fingerprint density at radius 3 is 2.26 bits per heavy atom. The van der Waals surface area contributed by atoms with E-state index in [1.54, 1.807) is 24.3 Å². The number of carbonyl (C=O) groups excluding carboxylic acids is 2. The standard InChI is InChI=1S/C26H33N5O4/c27-18-24(26(33)30-34)29-25(32)23-10-8-21(9-11-23)3-2-20-4-6-22(7-5-20)19-28-12-1-13-31-14-16-35-17-15-31/h4-11,24,28,34H,1,12-19,27H2,(H,29,32)(H,30,33)/t24-/m0/s1. The van der Waals surface area contributed by atoms with Crippen LogP contribution in [0.2, 0.25) is 0 Å². The van der Waals surface area contributed by atoms with Gasteiger partial charge in [-0.05, 0) is 61.5 Å². The second-order valence-electron chi connectivity index (χ2n) is 8.25. The predicted octanol–water partition coefficient (Wildman–Crippen LogP) is 0.461. The van der Waals surface area contributed by atoms with Crippen molar-refractivity contribution in [2.24, 2.45) is 5.73 Å². The molecule has 1 aliphatic rings. The molecular weight excluding hydrogens is 446 g/mol. The Hall–Kier alpha value is -3.26. The van der Waals surface area contributed by atoms with Gasteiger partial charge in [0.25, 0.3) is 11.8 Å². The molecule has 0 aromatic heterocycles. The van der Waals surface area contributed by atoms with Crippen LogP contribution in [0.1, 0.15) is 33.5 Å². The molecule has 186 valence electrons. The van der Waals surface area contributed by atoms with Gasteiger partial charge in [-0.2, -0.15) is 0 Å². The first-order valence-electron chi connectivity index (χ1n) is 11.8. The van der Waals surface area contributed by atoms with E-state index in [4.69, 9.17) is 15.7 Å². The lowest BCUT2D eigenvalue weighted by molar-refractivity contribution is -0.130. The van der Waals surface area contributed by atoms with Gasteiger partial charge in [0.1, 0.15) is 6.04 Å². The summed E-state index contributed by atoms with van der Waals surface area (Å²) in [6.07, 6.45) is 1.12. The molecule has 9 nitrogen and oxygen atoms in total. The summed E-state index contributed by atoms with van der Waals surface area (Å²) in [4.78, 5) is 26.2. The van der Waals surface area contributed by atoms with E-state index in [0.717, 1.165) is 63.5 Å². The van der Waals surface area contributed by atoms with Crippen molar-refractivity contribution in [2.75, 3.05) is 45.9 Å². The van der Waals surface area contributed by atoms with Crippen molar-refractivity contribution in [1.29, 1.82) is 0 Å². The number of nitrogens with zero attached hydrogens (tertiary/aromatic N) is 1. The van der Waals surface area contributed by atoms with Gasteiger partial charge in [0, 0.05) is 42.9 Å². The molecule has 3 rings (SSSR count). The Labute approximate surface area is 206 Å². The first kappa shape index (κ1) is 26.3. The van der Waals surface area contributed by atoms with Gasteiger partial charge in [0.2, 0.25) is 0 Å². The van der Waals surface area contributed by atoms with E-state index in [1.165, 1.54) is 11.0 Å². The number of hydroxylamine groups is 1. The summed E-state index contributed by atoms with van der Waals surface area (Å²) >= 11 is 0. The van der Waals surface area contributed by atoms with Crippen LogP contribution < -0.4 is 21.8 Å². The van der Waals surface area contributed by atoms with Gasteiger partial charge in [0.15, 0.2) is 0 Å². The zero-order valence-corrected chi connectivity index (χ0v) is 19.8. The maximum atomic E-state index is 12.3. The third-order valence-electron chi connectivity index (χ3n) is 5.68. The highest BCUT2D eigenvalue weighted by Gasteiger charge is 2.19. The van der Waals surface area contributed by atoms with Gasteiger partial charge in [-0.25, -0.2) is 5.48 Å². The van der Waals surface area contributed by atoms with E-state index in [1.807, 2.05) is 12.1 Å². The van der Waals surface area contributed by atoms with Crippen LogP contribution >= 0.6 is 0 Å². The van der Waals surface area contributed by atoms with Gasteiger partial charge >= 0.3 is 0 Å². The lowest BCUT2D eigenvalue weighted by Crippen LogP contribution is -2.50. The maximum Gasteiger partial charge on any atom is 0.267 e. The first-order chi connectivity index (χ1) is 17.1. The molecule has 1 atom stereocenters. The van der Waals surface area contributed by atoms with Crippen molar-refractivity contribution < 1.29 is 19.5 Å². The molecule has 1 fully saturated rings. The van der Waals surface area contributed by atoms with Gasteiger partial charge in [-0.3, -0.25) is 19.7 Å². The van der Waals surface area contributed by atoms with E-state index in [-0.39, 0.29) is 6.54 Å². The summed E-state index contributed by atoms with van der Waals surface area (Å²) in [7, 11) is 0. The molecule has 1 aliphatic heterocycles. The number of nitrogens with one attached hydrogen (secondary N) is 3. The monoisotopic (exact) mass is 479 g/mol. The van der Waals surface area contributed by atoms with Crippen molar-refractivity contribution in [3.63, 3.8) is 0 Å². The Kier molecular flexibility index (Phi) is 10.7. The number of amides is 2. The fourth-order valence-corrected chi connectivity index (χ4v) is 3.59. The maximum absolute atomic E-state index is 12.3. The Balaban J connectivity index is 1.43. The van der Waals surface area contributed by atoms with Crippen LogP contribution in [-0.4, -0.2) is 73.9 Å². The quantitative estimate of drug-likeness (QED) is 0.145. The lowest BCUT2D eigenvalue weighted by Gasteiger charge is -2.26. The average molecular weight is 480 g/mol. The molecular formula is C26H33N5O4. The highest BCUT2D eigenvalue weighted by Crippen LogP contribution is 2.07. The smallest absolute Gasteiger partial charge is 0.267 e. The van der Waals surface area contributed by atoms with Crippen LogP contribution in [0.5, 0.6) is 0 Å². The van der Waals surface area contributed by atoms with Crippen LogP contribution in [-0.2, 0) is 16.1 Å². The zero-order chi connectivity index (χ0) is 24.9. The summed E-state index contributed by atoms with van der Waals surface area (Å²) < 4.78 is 5.37. The minimum atomic E-state index is -1.01. The summed E-state index contributed by atoms with van der Waals surface area (Å²) in [6, 6.07) is 13.8. The van der Waals surface area contributed by atoms with E-state index >= 15 is 0 Å². The van der Waals surface area contributed by atoms with Crippen LogP contribution in [0.3, 0.4) is 0 Å². The Morgan fingerprint density at radius 1 is 1.03 bits per heavy atom. The average Bonchev–Trinajstić information content (AvgIpc) is 2.91. The second kappa shape index (κ2) is 14.2. The molecule has 9 heteroatoms. The normalized spacial score (nSPS) is 14.5. The summed E-state index contributed by atoms with van der Waals surface area (Å²) in [5, 5.41) is 14.7. The number of morpholine rings is 1. The number of ether oxygens (including phenoxy) is 1. The topological polar surface area (TPSA) is 129 Å². The molecule has 1 heterocycles. The molecule has 6 N–H and O–H groups in total. The first-order valence-corrected chi connectivity index (χ1v) is 11.8. The highest BCUT2D eigenvalue weighted by molar-refractivity contribution is 5.97. The second-order valence-corrected chi connectivity index (χ2v) is 8.25. The van der Waals surface area contributed by atoms with Crippen molar-refractivity contribution >= 4 is 11.8 Å².